The molecule has 0 aliphatic rings. The zero-order valence-corrected chi connectivity index (χ0v) is 10.2. The first-order chi connectivity index (χ1) is 7.71. The van der Waals surface area contributed by atoms with Crippen molar-refractivity contribution in [3.63, 3.8) is 0 Å². The van der Waals surface area contributed by atoms with Gasteiger partial charge in [0.15, 0.2) is 0 Å². The Morgan fingerprint density at radius 3 is 2.44 bits per heavy atom. The molecule has 0 saturated carbocycles. The van der Waals surface area contributed by atoms with Gasteiger partial charge in [-0.25, -0.2) is 4.39 Å². The highest BCUT2D eigenvalue weighted by Gasteiger charge is 2.15. The largest absolute Gasteiger partial charge is 0.330 e. The van der Waals surface area contributed by atoms with Crippen molar-refractivity contribution in [2.45, 2.75) is 39.0 Å². The van der Waals surface area contributed by atoms with E-state index in [0.717, 1.165) is 12.0 Å². The fourth-order valence-corrected chi connectivity index (χ4v) is 2.15. The second-order valence-corrected chi connectivity index (χ2v) is 4.41. The third-order valence-electron chi connectivity index (χ3n) is 3.38. The van der Waals surface area contributed by atoms with Crippen molar-refractivity contribution < 1.29 is 4.39 Å². The van der Waals surface area contributed by atoms with Crippen LogP contribution >= 0.6 is 0 Å². The number of rotatable bonds is 6. The molecule has 1 nitrogen and oxygen atoms in total. The fraction of sp³-hybridized carbons (Fsp3) is 0.571. The lowest BCUT2D eigenvalue weighted by Gasteiger charge is -2.21. The molecule has 0 amide bonds. The van der Waals surface area contributed by atoms with Gasteiger partial charge in [-0.3, -0.25) is 0 Å². The van der Waals surface area contributed by atoms with Crippen LogP contribution in [0.2, 0.25) is 0 Å². The monoisotopic (exact) mass is 223 g/mol. The van der Waals surface area contributed by atoms with Gasteiger partial charge in [0.2, 0.25) is 0 Å². The molecule has 16 heavy (non-hydrogen) atoms. The van der Waals surface area contributed by atoms with Crippen molar-refractivity contribution in [3.05, 3.63) is 35.6 Å². The molecule has 0 aromatic heterocycles. The topological polar surface area (TPSA) is 26.0 Å². The summed E-state index contributed by atoms with van der Waals surface area (Å²) in [7, 11) is 0. The maximum absolute atomic E-state index is 13.1. The Balaban J connectivity index is 2.74. The van der Waals surface area contributed by atoms with Crippen LogP contribution in [0.5, 0.6) is 0 Å². The minimum atomic E-state index is -0.166. The summed E-state index contributed by atoms with van der Waals surface area (Å²) >= 11 is 0. The van der Waals surface area contributed by atoms with E-state index in [4.69, 9.17) is 5.73 Å². The summed E-state index contributed by atoms with van der Waals surface area (Å²) in [4.78, 5) is 0. The summed E-state index contributed by atoms with van der Waals surface area (Å²) in [6.45, 7) is 5.00. The van der Waals surface area contributed by atoms with Crippen LogP contribution in [0.25, 0.3) is 0 Å². The summed E-state index contributed by atoms with van der Waals surface area (Å²) in [6.07, 6.45) is 3.40. The van der Waals surface area contributed by atoms with Crippen LogP contribution in [0.3, 0.4) is 0 Å². The van der Waals surface area contributed by atoms with E-state index in [0.29, 0.717) is 18.4 Å². The summed E-state index contributed by atoms with van der Waals surface area (Å²) < 4.78 is 13.1. The van der Waals surface area contributed by atoms with E-state index in [2.05, 4.69) is 13.8 Å². The molecule has 1 atom stereocenters. The van der Waals surface area contributed by atoms with Crippen LogP contribution in [0.1, 0.15) is 44.6 Å². The fourth-order valence-electron chi connectivity index (χ4n) is 2.15. The van der Waals surface area contributed by atoms with E-state index in [1.807, 2.05) is 6.07 Å². The quantitative estimate of drug-likeness (QED) is 0.782. The van der Waals surface area contributed by atoms with Gasteiger partial charge in [0, 0.05) is 0 Å². The molecule has 2 heteroatoms. The van der Waals surface area contributed by atoms with Crippen molar-refractivity contribution in [3.8, 4) is 0 Å². The van der Waals surface area contributed by atoms with E-state index in [1.165, 1.54) is 18.9 Å². The molecule has 1 aromatic carbocycles. The number of hydrogen-bond acceptors (Lipinski definition) is 1. The smallest absolute Gasteiger partial charge is 0.123 e. The molecule has 0 bridgehead atoms. The predicted octanol–water partition coefficient (Wildman–Crippen LogP) is 3.69. The van der Waals surface area contributed by atoms with Gasteiger partial charge < -0.3 is 5.73 Å². The second-order valence-electron chi connectivity index (χ2n) is 4.41. The zero-order valence-electron chi connectivity index (χ0n) is 10.2. The molecular weight excluding hydrogens is 201 g/mol. The van der Waals surface area contributed by atoms with E-state index in [-0.39, 0.29) is 5.82 Å². The van der Waals surface area contributed by atoms with E-state index in [9.17, 15) is 4.39 Å². The van der Waals surface area contributed by atoms with Crippen molar-refractivity contribution in [1.29, 1.82) is 0 Å². The van der Waals surface area contributed by atoms with Crippen LogP contribution in [0.4, 0.5) is 4.39 Å². The van der Waals surface area contributed by atoms with Crippen LogP contribution in [0, 0.1) is 11.7 Å². The van der Waals surface area contributed by atoms with Crippen molar-refractivity contribution >= 4 is 0 Å². The molecule has 1 rings (SSSR count). The number of nitrogens with two attached hydrogens (primary N) is 1. The first-order valence-electron chi connectivity index (χ1n) is 6.16. The maximum atomic E-state index is 13.1. The number of benzene rings is 1. The number of hydrogen-bond donors (Lipinski definition) is 1. The highest BCUT2D eigenvalue weighted by Crippen LogP contribution is 2.26. The molecule has 0 radical (unpaired) electrons. The van der Waals surface area contributed by atoms with Gasteiger partial charge in [-0.1, -0.05) is 38.8 Å². The molecule has 0 heterocycles. The molecule has 0 aliphatic heterocycles. The maximum Gasteiger partial charge on any atom is 0.123 e. The van der Waals surface area contributed by atoms with E-state index >= 15 is 0 Å². The van der Waals surface area contributed by atoms with Gasteiger partial charge in [0.05, 0.1) is 0 Å². The minimum Gasteiger partial charge on any atom is -0.330 e. The van der Waals surface area contributed by atoms with Gasteiger partial charge in [-0.05, 0) is 42.5 Å². The zero-order chi connectivity index (χ0) is 12.0. The highest BCUT2D eigenvalue weighted by atomic mass is 19.1. The summed E-state index contributed by atoms with van der Waals surface area (Å²) in [5.41, 5.74) is 6.83. The van der Waals surface area contributed by atoms with Crippen LogP contribution in [-0.4, -0.2) is 6.54 Å². The molecular formula is C14H22FN. The van der Waals surface area contributed by atoms with Crippen molar-refractivity contribution in [1.82, 2.24) is 0 Å². The van der Waals surface area contributed by atoms with Gasteiger partial charge in [0.25, 0.3) is 0 Å². The van der Waals surface area contributed by atoms with Gasteiger partial charge in [-0.15, -0.1) is 0 Å². The minimum absolute atomic E-state index is 0.166. The molecule has 1 aromatic rings. The molecule has 0 saturated heterocycles. The Bertz CT molecular complexity index is 307. The average molecular weight is 223 g/mol. The van der Waals surface area contributed by atoms with Crippen LogP contribution in [-0.2, 0) is 0 Å². The van der Waals surface area contributed by atoms with Crippen LogP contribution in [0.15, 0.2) is 24.3 Å². The molecule has 1 unspecified atom stereocenters. The molecule has 0 spiro atoms. The Morgan fingerprint density at radius 1 is 1.25 bits per heavy atom. The summed E-state index contributed by atoms with van der Waals surface area (Å²) in [5.74, 6) is 0.818. The summed E-state index contributed by atoms with van der Waals surface area (Å²) in [6, 6.07) is 6.83. The first kappa shape index (κ1) is 13.2. The molecule has 0 fully saturated rings. The summed E-state index contributed by atoms with van der Waals surface area (Å²) in [5, 5.41) is 0. The van der Waals surface area contributed by atoms with Gasteiger partial charge >= 0.3 is 0 Å². The lowest BCUT2D eigenvalue weighted by atomic mass is 9.86. The van der Waals surface area contributed by atoms with Gasteiger partial charge in [-0.2, -0.15) is 0 Å². The molecule has 0 aliphatic carbocycles. The second kappa shape index (κ2) is 6.64. The molecule has 90 valence electrons. The lowest BCUT2D eigenvalue weighted by molar-refractivity contribution is 0.412. The van der Waals surface area contributed by atoms with Crippen molar-refractivity contribution in [2.75, 3.05) is 6.54 Å². The Kier molecular flexibility index (Phi) is 5.47. The standard InChI is InChI=1S/C14H22FN/c1-3-11(4-2)8-13(10-16)12-6-5-7-14(15)9-12/h5-7,9,11,13H,3-4,8,10,16H2,1-2H3. The average Bonchev–Trinajstić information content (AvgIpc) is 2.31. The van der Waals surface area contributed by atoms with Gasteiger partial charge in [0.1, 0.15) is 5.82 Å². The predicted molar refractivity (Wildman–Crippen MR) is 66.9 cm³/mol. The third kappa shape index (κ3) is 3.60. The number of halogens is 1. The Labute approximate surface area is 97.9 Å². The first-order valence-corrected chi connectivity index (χ1v) is 6.16. The SMILES string of the molecule is CCC(CC)CC(CN)c1cccc(F)c1. The highest BCUT2D eigenvalue weighted by molar-refractivity contribution is 5.21. The van der Waals surface area contributed by atoms with Crippen molar-refractivity contribution in [2.24, 2.45) is 11.7 Å². The Morgan fingerprint density at radius 2 is 1.94 bits per heavy atom. The Hall–Kier alpha value is -0.890. The normalized spacial score (nSPS) is 13.1. The van der Waals surface area contributed by atoms with E-state index in [1.54, 1.807) is 12.1 Å². The third-order valence-corrected chi connectivity index (χ3v) is 3.38. The van der Waals surface area contributed by atoms with Crippen LogP contribution < -0.4 is 5.73 Å². The lowest BCUT2D eigenvalue weighted by Crippen LogP contribution is -2.16. The van der Waals surface area contributed by atoms with E-state index < -0.39 is 0 Å². The molecule has 2 N–H and O–H groups in total.